The summed E-state index contributed by atoms with van der Waals surface area (Å²) < 4.78 is 4.78. The Balaban J connectivity index is 2.33. The summed E-state index contributed by atoms with van der Waals surface area (Å²) in [5, 5.41) is 0. The van der Waals surface area contributed by atoms with Crippen LogP contribution >= 0.6 is 0 Å². The molecular formula is C6H10O2. The summed E-state index contributed by atoms with van der Waals surface area (Å²) >= 11 is 0. The third-order valence-corrected chi connectivity index (χ3v) is 1.22. The second-order valence-electron chi connectivity index (χ2n) is 2.38. The molecule has 1 atom stereocenters. The van der Waals surface area contributed by atoms with Gasteiger partial charge in [-0.15, -0.1) is 0 Å². The summed E-state index contributed by atoms with van der Waals surface area (Å²) in [7, 11) is 0. The Morgan fingerprint density at radius 1 is 1.75 bits per heavy atom. The molecule has 1 aliphatic heterocycles. The van der Waals surface area contributed by atoms with Crippen molar-refractivity contribution in [3.63, 3.8) is 0 Å². The molecule has 0 bridgehead atoms. The van der Waals surface area contributed by atoms with E-state index in [4.69, 9.17) is 4.74 Å². The fraction of sp³-hybridized carbons (Fsp3) is 0.833. The maximum absolute atomic E-state index is 10.8. The molecule has 1 unspecified atom stereocenters. The molecule has 8 heavy (non-hydrogen) atoms. The fourth-order valence-corrected chi connectivity index (χ4v) is 0.584. The summed E-state index contributed by atoms with van der Waals surface area (Å²) in [5.41, 5.74) is 0. The Hall–Kier alpha value is -0.370. The number of carbonyl (C=O) groups excluding carboxylic acids is 1. The molecule has 0 spiro atoms. The molecule has 1 heterocycles. The molecule has 0 N–H and O–H groups in total. The van der Waals surface area contributed by atoms with E-state index in [-0.39, 0.29) is 17.8 Å². The molecule has 2 nitrogen and oxygen atoms in total. The van der Waals surface area contributed by atoms with Crippen LogP contribution in [0.1, 0.15) is 13.8 Å². The maximum Gasteiger partial charge on any atom is 0.166 e. The molecule has 46 valence electrons. The molecule has 2 heteroatoms. The maximum atomic E-state index is 10.8. The normalized spacial score (nSPS) is 26.1. The first kappa shape index (κ1) is 5.76. The van der Waals surface area contributed by atoms with Gasteiger partial charge in [-0.1, -0.05) is 13.8 Å². The van der Waals surface area contributed by atoms with E-state index in [1.165, 1.54) is 0 Å². The molecule has 0 aromatic heterocycles. The second kappa shape index (κ2) is 1.86. The Bertz CT molecular complexity index is 99.1. The Labute approximate surface area is 48.8 Å². The zero-order valence-electron chi connectivity index (χ0n) is 5.18. The first-order valence-electron chi connectivity index (χ1n) is 2.87. The van der Waals surface area contributed by atoms with Crippen LogP contribution in [0.2, 0.25) is 0 Å². The Kier molecular flexibility index (Phi) is 1.34. The van der Waals surface area contributed by atoms with Crippen molar-refractivity contribution in [2.75, 3.05) is 6.61 Å². The zero-order chi connectivity index (χ0) is 6.15. The third-order valence-electron chi connectivity index (χ3n) is 1.22. The smallest absolute Gasteiger partial charge is 0.166 e. The van der Waals surface area contributed by atoms with Crippen LogP contribution in [0.15, 0.2) is 0 Å². The lowest BCUT2D eigenvalue weighted by molar-refractivity contribution is -0.123. The molecule has 1 rings (SSSR count). The highest BCUT2D eigenvalue weighted by Crippen LogP contribution is 2.14. The van der Waals surface area contributed by atoms with E-state index < -0.39 is 0 Å². The molecule has 0 aromatic rings. The largest absolute Gasteiger partial charge is 0.365 e. The number of Topliss-reactive ketones (excluding diaryl/α,β-unsaturated/α-hetero) is 1. The van der Waals surface area contributed by atoms with Crippen LogP contribution in [0.5, 0.6) is 0 Å². The standard InChI is InChI=1S/C6H10O2/c1-4(2)6(7)5-3-8-5/h4-5H,3H2,1-2H3. The number of ether oxygens (including phenoxy) is 1. The number of ketones is 1. The van der Waals surface area contributed by atoms with Gasteiger partial charge in [0.15, 0.2) is 5.78 Å². The van der Waals surface area contributed by atoms with Gasteiger partial charge in [0.2, 0.25) is 0 Å². The van der Waals surface area contributed by atoms with Crippen LogP contribution in [0, 0.1) is 5.92 Å². The van der Waals surface area contributed by atoms with E-state index in [1.54, 1.807) is 0 Å². The van der Waals surface area contributed by atoms with E-state index in [0.29, 0.717) is 6.61 Å². The molecule has 1 aliphatic rings. The van der Waals surface area contributed by atoms with Crippen molar-refractivity contribution in [2.24, 2.45) is 5.92 Å². The predicted octanol–water partition coefficient (Wildman–Crippen LogP) is 0.610. The van der Waals surface area contributed by atoms with Crippen LogP contribution < -0.4 is 0 Å². The molecule has 0 saturated carbocycles. The van der Waals surface area contributed by atoms with Gasteiger partial charge in [0.05, 0.1) is 6.61 Å². The molecular weight excluding hydrogens is 104 g/mol. The predicted molar refractivity (Wildman–Crippen MR) is 29.6 cm³/mol. The minimum Gasteiger partial charge on any atom is -0.365 e. The van der Waals surface area contributed by atoms with Gasteiger partial charge in [-0.25, -0.2) is 0 Å². The molecule has 1 fully saturated rings. The lowest BCUT2D eigenvalue weighted by Crippen LogP contribution is -2.13. The summed E-state index contributed by atoms with van der Waals surface area (Å²) in [6.45, 7) is 4.44. The number of hydrogen-bond donors (Lipinski definition) is 0. The number of carbonyl (C=O) groups is 1. The second-order valence-corrected chi connectivity index (χ2v) is 2.38. The van der Waals surface area contributed by atoms with Crippen molar-refractivity contribution >= 4 is 5.78 Å². The SMILES string of the molecule is CC(C)C(=O)C1CO1. The first-order chi connectivity index (χ1) is 3.72. The van der Waals surface area contributed by atoms with E-state index in [9.17, 15) is 4.79 Å². The first-order valence-corrected chi connectivity index (χ1v) is 2.87. The van der Waals surface area contributed by atoms with E-state index in [1.807, 2.05) is 13.8 Å². The summed E-state index contributed by atoms with van der Waals surface area (Å²) in [4.78, 5) is 10.8. The average molecular weight is 114 g/mol. The molecule has 1 saturated heterocycles. The quantitative estimate of drug-likeness (QED) is 0.492. The summed E-state index contributed by atoms with van der Waals surface area (Å²) in [6, 6.07) is 0. The van der Waals surface area contributed by atoms with Crippen molar-refractivity contribution in [2.45, 2.75) is 20.0 Å². The number of hydrogen-bond acceptors (Lipinski definition) is 2. The Morgan fingerprint density at radius 2 is 2.25 bits per heavy atom. The van der Waals surface area contributed by atoms with Gasteiger partial charge in [0, 0.05) is 5.92 Å². The van der Waals surface area contributed by atoms with Crippen molar-refractivity contribution in [3.05, 3.63) is 0 Å². The summed E-state index contributed by atoms with van der Waals surface area (Å²) in [5.74, 6) is 0.382. The Morgan fingerprint density at radius 3 is 2.38 bits per heavy atom. The zero-order valence-corrected chi connectivity index (χ0v) is 5.18. The van der Waals surface area contributed by atoms with Gasteiger partial charge in [-0.3, -0.25) is 4.79 Å². The highest BCUT2D eigenvalue weighted by atomic mass is 16.6. The minimum atomic E-state index is -0.0463. The van der Waals surface area contributed by atoms with Crippen LogP contribution in [-0.2, 0) is 9.53 Å². The van der Waals surface area contributed by atoms with Crippen LogP contribution in [0.4, 0.5) is 0 Å². The van der Waals surface area contributed by atoms with E-state index in [0.717, 1.165) is 0 Å². The van der Waals surface area contributed by atoms with Gasteiger partial charge in [-0.2, -0.15) is 0 Å². The van der Waals surface area contributed by atoms with Crippen LogP contribution in [0.3, 0.4) is 0 Å². The minimum absolute atomic E-state index is 0.0463. The molecule has 0 aliphatic carbocycles. The average Bonchev–Trinajstić information content (AvgIpc) is 2.43. The lowest BCUT2D eigenvalue weighted by Gasteiger charge is -1.95. The topological polar surface area (TPSA) is 29.6 Å². The highest BCUT2D eigenvalue weighted by molar-refractivity contribution is 5.86. The lowest BCUT2D eigenvalue weighted by atomic mass is 10.1. The van der Waals surface area contributed by atoms with Gasteiger partial charge in [-0.05, 0) is 0 Å². The van der Waals surface area contributed by atoms with Crippen LogP contribution in [0.25, 0.3) is 0 Å². The van der Waals surface area contributed by atoms with Crippen LogP contribution in [-0.4, -0.2) is 18.5 Å². The van der Waals surface area contributed by atoms with Gasteiger partial charge in [0.25, 0.3) is 0 Å². The molecule has 0 amide bonds. The third kappa shape index (κ3) is 1.07. The van der Waals surface area contributed by atoms with Gasteiger partial charge < -0.3 is 4.74 Å². The number of epoxide rings is 1. The van der Waals surface area contributed by atoms with Crippen molar-refractivity contribution < 1.29 is 9.53 Å². The van der Waals surface area contributed by atoms with Gasteiger partial charge in [0.1, 0.15) is 6.10 Å². The number of rotatable bonds is 2. The monoisotopic (exact) mass is 114 g/mol. The van der Waals surface area contributed by atoms with E-state index in [2.05, 4.69) is 0 Å². The molecule has 0 radical (unpaired) electrons. The van der Waals surface area contributed by atoms with Crippen molar-refractivity contribution in [1.29, 1.82) is 0 Å². The van der Waals surface area contributed by atoms with Crippen molar-refractivity contribution in [1.82, 2.24) is 0 Å². The molecule has 0 aromatic carbocycles. The highest BCUT2D eigenvalue weighted by Gasteiger charge is 2.32. The van der Waals surface area contributed by atoms with Crippen molar-refractivity contribution in [3.8, 4) is 0 Å². The fourth-order valence-electron chi connectivity index (χ4n) is 0.584. The summed E-state index contributed by atoms with van der Waals surface area (Å²) in [6.07, 6.45) is -0.0463. The van der Waals surface area contributed by atoms with E-state index >= 15 is 0 Å². The van der Waals surface area contributed by atoms with Gasteiger partial charge >= 0.3 is 0 Å².